The number of nitro groups is 1. The molecule has 0 aliphatic heterocycles. The molecule has 0 aromatic heterocycles. The Morgan fingerprint density at radius 3 is 2.08 bits per heavy atom. The summed E-state index contributed by atoms with van der Waals surface area (Å²) < 4.78 is 21.5. The molecule has 0 saturated carbocycles. The van der Waals surface area contributed by atoms with Crippen molar-refractivity contribution in [2.24, 2.45) is 4.99 Å². The molecule has 0 amide bonds. The Bertz CT molecular complexity index is 1340. The summed E-state index contributed by atoms with van der Waals surface area (Å²) in [4.78, 5) is 27.5. The van der Waals surface area contributed by atoms with Gasteiger partial charge < -0.3 is 18.9 Å². The zero-order valence-electron chi connectivity index (χ0n) is 20.7. The lowest BCUT2D eigenvalue weighted by molar-refractivity contribution is -0.385. The highest BCUT2D eigenvalue weighted by molar-refractivity contribution is 6.32. The molecule has 0 aliphatic rings. The van der Waals surface area contributed by atoms with Gasteiger partial charge >= 0.3 is 0 Å². The van der Waals surface area contributed by atoms with Crippen molar-refractivity contribution in [3.8, 4) is 23.0 Å². The van der Waals surface area contributed by atoms with Gasteiger partial charge in [0.15, 0.2) is 23.0 Å². The molecule has 3 aromatic carbocycles. The molecule has 0 atom stereocenters. The molecule has 3 aromatic rings. The minimum atomic E-state index is -0.586. The van der Waals surface area contributed by atoms with Crippen LogP contribution in [-0.2, 0) is 0 Å². The molecule has 192 valence electrons. The molecule has 0 radical (unpaired) electrons. The van der Waals surface area contributed by atoms with Crippen molar-refractivity contribution in [3.05, 3.63) is 80.4 Å². The van der Waals surface area contributed by atoms with E-state index < -0.39 is 10.7 Å². The van der Waals surface area contributed by atoms with E-state index in [0.717, 1.165) is 11.1 Å². The Balaban J connectivity index is 1.88. The first-order valence-corrected chi connectivity index (χ1v) is 11.4. The average molecular weight is 525 g/mol. The van der Waals surface area contributed by atoms with Crippen LogP contribution in [0.1, 0.15) is 27.9 Å². The lowest BCUT2D eigenvalue weighted by Crippen LogP contribution is -2.04. The van der Waals surface area contributed by atoms with Gasteiger partial charge in [0.2, 0.25) is 5.75 Å². The number of ketones is 1. The largest absolute Gasteiger partial charge is 0.493 e. The van der Waals surface area contributed by atoms with E-state index in [2.05, 4.69) is 4.99 Å². The molecular weight excluding hydrogens is 500 g/mol. The van der Waals surface area contributed by atoms with E-state index in [0.29, 0.717) is 33.7 Å². The van der Waals surface area contributed by atoms with Gasteiger partial charge in [-0.25, -0.2) is 0 Å². The molecule has 37 heavy (non-hydrogen) atoms. The maximum Gasteiger partial charge on any atom is 0.280 e. The Hall–Kier alpha value is -4.37. The number of halogens is 1. The third kappa shape index (κ3) is 6.45. The predicted octanol–water partition coefficient (Wildman–Crippen LogP) is 6.43. The fourth-order valence-corrected chi connectivity index (χ4v) is 3.89. The Morgan fingerprint density at radius 2 is 1.51 bits per heavy atom. The standard InChI is InChI=1S/C27H25ClN2O7/c1-34-24-15-18(16-25(35-2)27(24)37-4)10-9-17-13-20(28)26(36-3)21(14-17)29-12-11-23(31)19-7-5-6-8-22(19)30(32)33/h5-10,12-16H,11H2,1-4H3/b10-9-,29-12?. The summed E-state index contributed by atoms with van der Waals surface area (Å²) in [6.45, 7) is 0. The monoisotopic (exact) mass is 524 g/mol. The fraction of sp³-hybridized carbons (Fsp3) is 0.185. The molecular formula is C27H25ClN2O7. The lowest BCUT2D eigenvalue weighted by Gasteiger charge is -2.13. The minimum absolute atomic E-state index is 0.0194. The van der Waals surface area contributed by atoms with Crippen LogP contribution in [-0.4, -0.2) is 45.4 Å². The number of hydrogen-bond acceptors (Lipinski definition) is 8. The van der Waals surface area contributed by atoms with Crippen molar-refractivity contribution in [2.75, 3.05) is 28.4 Å². The molecule has 0 fully saturated rings. The molecule has 0 spiro atoms. The molecule has 0 bridgehead atoms. The summed E-state index contributed by atoms with van der Waals surface area (Å²) in [5, 5.41) is 11.5. The molecule has 9 nitrogen and oxygen atoms in total. The third-order valence-electron chi connectivity index (χ3n) is 5.31. The second-order valence-electron chi connectivity index (χ2n) is 7.56. The Morgan fingerprint density at radius 1 is 0.919 bits per heavy atom. The number of aliphatic imine (C=N–C) groups is 1. The SMILES string of the molecule is COc1cc(/C=C\c2cc(Cl)c(OC)c(N=CCC(=O)c3ccccc3[N+](=O)[O-])c2)cc(OC)c1OC. The van der Waals surface area contributed by atoms with Crippen molar-refractivity contribution >= 4 is 47.1 Å². The first-order chi connectivity index (χ1) is 17.8. The van der Waals surface area contributed by atoms with Crippen LogP contribution >= 0.6 is 11.6 Å². The summed E-state index contributed by atoms with van der Waals surface area (Å²) in [5.41, 5.74) is 1.68. The van der Waals surface area contributed by atoms with Gasteiger partial charge in [0.05, 0.1) is 43.9 Å². The Kier molecular flexibility index (Phi) is 9.23. The second-order valence-corrected chi connectivity index (χ2v) is 7.97. The summed E-state index contributed by atoms with van der Waals surface area (Å²) in [7, 11) is 6.08. The molecule has 0 N–H and O–H groups in total. The number of carbonyl (C=O) groups is 1. The zero-order chi connectivity index (χ0) is 26.9. The topological polar surface area (TPSA) is 109 Å². The van der Waals surface area contributed by atoms with Crippen molar-refractivity contribution in [2.45, 2.75) is 6.42 Å². The summed E-state index contributed by atoms with van der Waals surface area (Å²) in [5.74, 6) is 1.42. The number of para-hydroxylation sites is 1. The highest BCUT2D eigenvalue weighted by Crippen LogP contribution is 2.39. The normalized spacial score (nSPS) is 11.1. The number of rotatable bonds is 11. The van der Waals surface area contributed by atoms with Gasteiger partial charge in [0.25, 0.3) is 5.69 Å². The van der Waals surface area contributed by atoms with Gasteiger partial charge in [0, 0.05) is 18.7 Å². The van der Waals surface area contributed by atoms with E-state index >= 15 is 0 Å². The number of methoxy groups -OCH3 is 4. The highest BCUT2D eigenvalue weighted by atomic mass is 35.5. The van der Waals surface area contributed by atoms with E-state index in [9.17, 15) is 14.9 Å². The van der Waals surface area contributed by atoms with Crippen LogP contribution in [0.3, 0.4) is 0 Å². The molecule has 10 heteroatoms. The number of ether oxygens (including phenoxy) is 4. The third-order valence-corrected chi connectivity index (χ3v) is 5.59. The number of hydrogen-bond donors (Lipinski definition) is 0. The van der Waals surface area contributed by atoms with Gasteiger partial charge in [-0.05, 0) is 41.5 Å². The van der Waals surface area contributed by atoms with Crippen LogP contribution in [0.15, 0.2) is 53.5 Å². The molecule has 3 rings (SSSR count). The summed E-state index contributed by atoms with van der Waals surface area (Å²) in [6, 6.07) is 12.8. The first-order valence-electron chi connectivity index (χ1n) is 11.0. The van der Waals surface area contributed by atoms with Crippen LogP contribution < -0.4 is 18.9 Å². The van der Waals surface area contributed by atoms with Crippen molar-refractivity contribution < 1.29 is 28.7 Å². The first kappa shape index (κ1) is 27.2. The quantitative estimate of drug-likeness (QED) is 0.0934. The average Bonchev–Trinajstić information content (AvgIpc) is 2.90. The maximum atomic E-state index is 12.6. The van der Waals surface area contributed by atoms with E-state index in [1.54, 1.807) is 44.6 Å². The molecule has 0 aliphatic carbocycles. The van der Waals surface area contributed by atoms with E-state index in [-0.39, 0.29) is 17.7 Å². The molecule has 0 heterocycles. The van der Waals surface area contributed by atoms with Crippen molar-refractivity contribution in [3.63, 3.8) is 0 Å². The zero-order valence-corrected chi connectivity index (χ0v) is 21.4. The van der Waals surface area contributed by atoms with Gasteiger partial charge in [-0.1, -0.05) is 35.9 Å². The smallest absolute Gasteiger partial charge is 0.280 e. The van der Waals surface area contributed by atoms with E-state index in [1.165, 1.54) is 38.6 Å². The van der Waals surface area contributed by atoms with Crippen molar-refractivity contribution in [1.82, 2.24) is 0 Å². The van der Waals surface area contributed by atoms with Gasteiger partial charge in [0.1, 0.15) is 5.69 Å². The van der Waals surface area contributed by atoms with Crippen LogP contribution in [0.4, 0.5) is 11.4 Å². The van der Waals surface area contributed by atoms with Gasteiger partial charge in [-0.3, -0.25) is 19.9 Å². The van der Waals surface area contributed by atoms with Gasteiger partial charge in [-0.2, -0.15) is 0 Å². The minimum Gasteiger partial charge on any atom is -0.493 e. The second kappa shape index (κ2) is 12.5. The number of Topliss-reactive ketones (excluding diaryl/α,β-unsaturated/α-hetero) is 1. The van der Waals surface area contributed by atoms with E-state index in [4.69, 9.17) is 30.5 Å². The molecule has 0 saturated heterocycles. The summed E-state index contributed by atoms with van der Waals surface area (Å²) in [6.07, 6.45) is 4.90. The number of nitrogens with zero attached hydrogens (tertiary/aromatic N) is 2. The van der Waals surface area contributed by atoms with Crippen LogP contribution in [0.25, 0.3) is 12.2 Å². The van der Waals surface area contributed by atoms with Crippen LogP contribution in [0.5, 0.6) is 23.0 Å². The van der Waals surface area contributed by atoms with E-state index in [1.807, 2.05) is 12.2 Å². The predicted molar refractivity (Wildman–Crippen MR) is 143 cm³/mol. The Labute approximate surface area is 219 Å². The number of carbonyl (C=O) groups excluding carboxylic acids is 1. The maximum absolute atomic E-state index is 12.6. The highest BCUT2D eigenvalue weighted by Gasteiger charge is 2.18. The number of nitro benzene ring substituents is 1. The number of benzene rings is 3. The van der Waals surface area contributed by atoms with Crippen LogP contribution in [0.2, 0.25) is 5.02 Å². The van der Waals surface area contributed by atoms with Crippen molar-refractivity contribution in [1.29, 1.82) is 0 Å². The van der Waals surface area contributed by atoms with Gasteiger partial charge in [-0.15, -0.1) is 0 Å². The lowest BCUT2D eigenvalue weighted by atomic mass is 10.1. The summed E-state index contributed by atoms with van der Waals surface area (Å²) >= 11 is 6.41. The molecule has 0 unspecified atom stereocenters. The van der Waals surface area contributed by atoms with Crippen LogP contribution in [0, 0.1) is 10.1 Å². The fourth-order valence-electron chi connectivity index (χ4n) is 3.59.